The Hall–Kier alpha value is -2.22. The van der Waals surface area contributed by atoms with Gasteiger partial charge in [-0.25, -0.2) is 0 Å². The Morgan fingerprint density at radius 3 is 1.28 bits per heavy atom. The Bertz CT molecular complexity index is 1060. The highest BCUT2D eigenvalue weighted by atomic mass is 28.4. The molecule has 0 aliphatic heterocycles. The van der Waals surface area contributed by atoms with Gasteiger partial charge in [0.15, 0.2) is 0 Å². The predicted molar refractivity (Wildman–Crippen MR) is 193 cm³/mol. The van der Waals surface area contributed by atoms with Crippen molar-refractivity contribution >= 4 is 9.05 Å². The number of hydrogen-bond acceptors (Lipinski definition) is 6. The normalized spacial score (nSPS) is 25.1. The van der Waals surface area contributed by atoms with E-state index in [0.29, 0.717) is 60.2 Å². The predicted octanol–water partition coefficient (Wildman–Crippen LogP) is 10.9. The summed E-state index contributed by atoms with van der Waals surface area (Å²) >= 11 is 0. The maximum atomic E-state index is 7.33. The molecule has 2 saturated carbocycles. The fourth-order valence-electron chi connectivity index (χ4n) is 7.18. The van der Waals surface area contributed by atoms with Crippen molar-refractivity contribution < 1.29 is 27.2 Å². The second-order valence-electron chi connectivity index (χ2n) is 15.0. The zero-order valence-electron chi connectivity index (χ0n) is 30.7. The van der Waals surface area contributed by atoms with Crippen molar-refractivity contribution in [3.8, 4) is 23.0 Å². The number of benzene rings is 2. The molecule has 0 saturated heterocycles. The number of ether oxygens (including phenoxy) is 2. The highest BCUT2D eigenvalue weighted by Gasteiger charge is 2.58. The van der Waals surface area contributed by atoms with E-state index in [1.54, 1.807) is 0 Å². The van der Waals surface area contributed by atoms with E-state index in [4.69, 9.17) is 27.2 Å². The van der Waals surface area contributed by atoms with Gasteiger partial charge in [-0.2, -0.15) is 0 Å². The van der Waals surface area contributed by atoms with Gasteiger partial charge in [-0.05, 0) is 123 Å². The lowest BCUT2D eigenvalue weighted by molar-refractivity contribution is -0.0819. The summed E-state index contributed by atoms with van der Waals surface area (Å²) in [5.41, 5.74) is 0. The molecule has 4 rings (SSSR count). The van der Waals surface area contributed by atoms with E-state index in [-0.39, 0.29) is 12.2 Å². The van der Waals surface area contributed by atoms with Crippen molar-refractivity contribution in [2.45, 2.75) is 132 Å². The third kappa shape index (κ3) is 11.4. The standard InChI is InChI=1S/C40H64O6Si/c1-9-11-25-41-33-15-19-35(20-16-33)43-47(45-39-27-31(7)13-23-37(39)29(3)4,46-40-28-32(8)14-24-38(40)30(5)6)44-36-21-17-34(18-22-36)42-26-12-10-2/h15-22,29-32,37-40H,9-14,23-28H2,1-8H3. The highest BCUT2D eigenvalue weighted by Crippen LogP contribution is 2.41. The van der Waals surface area contributed by atoms with Crippen LogP contribution in [0.4, 0.5) is 0 Å². The maximum absolute atomic E-state index is 7.33. The van der Waals surface area contributed by atoms with Crippen LogP contribution in [0.2, 0.25) is 0 Å². The highest BCUT2D eigenvalue weighted by molar-refractivity contribution is 6.55. The van der Waals surface area contributed by atoms with Crippen LogP contribution in [0.3, 0.4) is 0 Å². The average molecular weight is 669 g/mol. The van der Waals surface area contributed by atoms with E-state index in [0.717, 1.165) is 62.9 Å². The van der Waals surface area contributed by atoms with Crippen LogP contribution in [0.15, 0.2) is 48.5 Å². The Labute approximate surface area is 287 Å². The summed E-state index contributed by atoms with van der Waals surface area (Å²) in [7, 11) is -3.87. The summed E-state index contributed by atoms with van der Waals surface area (Å²) < 4.78 is 40.6. The van der Waals surface area contributed by atoms with Crippen LogP contribution in [0.25, 0.3) is 0 Å². The molecule has 0 N–H and O–H groups in total. The number of rotatable bonds is 18. The van der Waals surface area contributed by atoms with E-state index in [1.165, 1.54) is 12.8 Å². The molecule has 0 amide bonds. The van der Waals surface area contributed by atoms with Gasteiger partial charge < -0.3 is 27.2 Å². The van der Waals surface area contributed by atoms with Crippen molar-refractivity contribution in [3.63, 3.8) is 0 Å². The summed E-state index contributed by atoms with van der Waals surface area (Å²) in [6.45, 7) is 19.7. The largest absolute Gasteiger partial charge is 0.821 e. The molecule has 2 aliphatic rings. The molecule has 2 fully saturated rings. The van der Waals surface area contributed by atoms with Crippen LogP contribution in [0.1, 0.15) is 120 Å². The minimum absolute atomic E-state index is 0.0165. The first-order valence-corrected chi connectivity index (χ1v) is 20.4. The lowest BCUT2D eigenvalue weighted by Gasteiger charge is -2.44. The molecule has 264 valence electrons. The molecule has 0 radical (unpaired) electrons. The van der Waals surface area contributed by atoms with Crippen molar-refractivity contribution in [2.75, 3.05) is 13.2 Å². The van der Waals surface area contributed by atoms with Crippen LogP contribution in [-0.4, -0.2) is 34.5 Å². The zero-order valence-corrected chi connectivity index (χ0v) is 31.7. The molecular weight excluding hydrogens is 605 g/mol. The molecule has 0 bridgehead atoms. The van der Waals surface area contributed by atoms with Crippen LogP contribution < -0.4 is 18.3 Å². The van der Waals surface area contributed by atoms with Crippen molar-refractivity contribution in [1.29, 1.82) is 0 Å². The van der Waals surface area contributed by atoms with E-state index in [2.05, 4.69) is 55.4 Å². The van der Waals surface area contributed by atoms with Gasteiger partial charge >= 0.3 is 9.05 Å². The van der Waals surface area contributed by atoms with Gasteiger partial charge in [-0.3, -0.25) is 0 Å². The minimum atomic E-state index is -3.87. The van der Waals surface area contributed by atoms with E-state index < -0.39 is 9.05 Å². The fraction of sp³-hybridized carbons (Fsp3) is 0.700. The first kappa shape index (κ1) is 37.6. The average Bonchev–Trinajstić information content (AvgIpc) is 3.03. The second kappa shape index (κ2) is 18.5. The molecule has 2 aliphatic carbocycles. The smallest absolute Gasteiger partial charge is 0.494 e. The van der Waals surface area contributed by atoms with Crippen LogP contribution in [-0.2, 0) is 8.85 Å². The third-order valence-electron chi connectivity index (χ3n) is 10.2. The summed E-state index contributed by atoms with van der Waals surface area (Å²) in [6, 6.07) is 15.8. The van der Waals surface area contributed by atoms with Crippen molar-refractivity contribution in [1.82, 2.24) is 0 Å². The van der Waals surface area contributed by atoms with Crippen LogP contribution in [0.5, 0.6) is 23.0 Å². The SMILES string of the molecule is CCCCOc1ccc(O[Si](Oc2ccc(OCCCC)cc2)(OC2CC(C)CCC2C(C)C)OC2CC(C)CCC2C(C)C)cc1. The molecule has 6 nitrogen and oxygen atoms in total. The van der Waals surface area contributed by atoms with Gasteiger partial charge in [0.25, 0.3) is 0 Å². The summed E-state index contributed by atoms with van der Waals surface area (Å²) in [4.78, 5) is 0. The van der Waals surface area contributed by atoms with Crippen molar-refractivity contribution in [3.05, 3.63) is 48.5 Å². The maximum Gasteiger partial charge on any atom is 0.821 e. The summed E-state index contributed by atoms with van der Waals surface area (Å²) in [5, 5.41) is 0. The van der Waals surface area contributed by atoms with Gasteiger partial charge in [0, 0.05) is 0 Å². The quantitative estimate of drug-likeness (QED) is 0.116. The summed E-state index contributed by atoms with van der Waals surface area (Å²) in [5.74, 6) is 5.93. The lowest BCUT2D eigenvalue weighted by atomic mass is 9.75. The Kier molecular flexibility index (Phi) is 14.8. The molecule has 2 aromatic carbocycles. The first-order valence-electron chi connectivity index (χ1n) is 18.8. The minimum Gasteiger partial charge on any atom is -0.494 e. The van der Waals surface area contributed by atoms with Crippen molar-refractivity contribution in [2.24, 2.45) is 35.5 Å². The summed E-state index contributed by atoms with van der Waals surface area (Å²) in [6.07, 6.45) is 10.9. The number of hydrogen-bond donors (Lipinski definition) is 0. The van der Waals surface area contributed by atoms with E-state index >= 15 is 0 Å². The lowest BCUT2D eigenvalue weighted by Crippen LogP contribution is -2.61. The fourth-order valence-corrected chi connectivity index (χ4v) is 9.60. The molecule has 0 aromatic heterocycles. The molecule has 0 spiro atoms. The molecular formula is C40H64O6Si. The van der Waals surface area contributed by atoms with E-state index in [1.807, 2.05) is 48.5 Å². The van der Waals surface area contributed by atoms with Crippen LogP contribution in [0, 0.1) is 35.5 Å². The van der Waals surface area contributed by atoms with Crippen LogP contribution >= 0.6 is 0 Å². The molecule has 0 heterocycles. The molecule has 47 heavy (non-hydrogen) atoms. The zero-order chi connectivity index (χ0) is 33.8. The van der Waals surface area contributed by atoms with E-state index in [9.17, 15) is 0 Å². The van der Waals surface area contributed by atoms with Gasteiger partial charge in [0.05, 0.1) is 25.4 Å². The molecule has 6 atom stereocenters. The Morgan fingerprint density at radius 2 is 0.936 bits per heavy atom. The third-order valence-corrected chi connectivity index (χ3v) is 12.3. The van der Waals surface area contributed by atoms with Gasteiger partial charge in [0.1, 0.15) is 23.0 Å². The number of unbranched alkanes of at least 4 members (excludes halogenated alkanes) is 2. The Balaban J connectivity index is 1.73. The van der Waals surface area contributed by atoms with Gasteiger partial charge in [-0.15, -0.1) is 0 Å². The monoisotopic (exact) mass is 668 g/mol. The molecule has 7 heteroatoms. The first-order chi connectivity index (χ1) is 22.6. The molecule has 2 aromatic rings. The Morgan fingerprint density at radius 1 is 0.574 bits per heavy atom. The van der Waals surface area contributed by atoms with Gasteiger partial charge in [0.2, 0.25) is 0 Å². The molecule has 6 unspecified atom stereocenters. The second-order valence-corrected chi connectivity index (χ2v) is 16.9. The topological polar surface area (TPSA) is 55.4 Å². The van der Waals surface area contributed by atoms with Gasteiger partial charge in [-0.1, -0.05) is 81.1 Å².